The molecule has 1 rings (SSSR count). The number of benzene rings is 1. The highest BCUT2D eigenvalue weighted by Crippen LogP contribution is 2.28. The van der Waals surface area contributed by atoms with Gasteiger partial charge in [-0.25, -0.2) is 4.79 Å². The minimum atomic E-state index is -0.901. The van der Waals surface area contributed by atoms with E-state index >= 15 is 0 Å². The van der Waals surface area contributed by atoms with Crippen molar-refractivity contribution in [3.8, 4) is 5.75 Å². The lowest BCUT2D eigenvalue weighted by Crippen LogP contribution is -2.10. The van der Waals surface area contributed by atoms with E-state index in [4.69, 9.17) is 4.74 Å². The highest BCUT2D eigenvalue weighted by Gasteiger charge is 2.16. The summed E-state index contributed by atoms with van der Waals surface area (Å²) in [5.74, 6) is -0.0583. The third-order valence-electron chi connectivity index (χ3n) is 2.56. The zero-order chi connectivity index (χ0) is 13.2. The molecule has 0 saturated heterocycles. The first kappa shape index (κ1) is 13.6. The van der Waals surface area contributed by atoms with Gasteiger partial charge in [-0.15, -0.1) is 0 Å². The molecular weight excluding hydrogens is 216 g/mol. The number of hydrogen-bond donors (Lipinski definition) is 1. The maximum absolute atomic E-state index is 11.2. The molecule has 0 radical (unpaired) electrons. The van der Waals surface area contributed by atoms with Crippen molar-refractivity contribution in [2.24, 2.45) is 0 Å². The van der Waals surface area contributed by atoms with E-state index in [2.05, 4.69) is 0 Å². The monoisotopic (exact) mass is 236 g/mol. The summed E-state index contributed by atoms with van der Waals surface area (Å²) >= 11 is 0. The molecule has 1 aromatic rings. The van der Waals surface area contributed by atoms with Crippen molar-refractivity contribution < 1.29 is 14.6 Å². The zero-order valence-corrected chi connectivity index (χ0v) is 11.1. The molecule has 0 aliphatic heterocycles. The molecule has 1 N–H and O–H groups in total. The molecule has 17 heavy (non-hydrogen) atoms. The first-order valence-electron chi connectivity index (χ1n) is 5.87. The molecule has 0 heterocycles. The van der Waals surface area contributed by atoms with E-state index in [-0.39, 0.29) is 12.0 Å². The minimum Gasteiger partial charge on any atom is -0.491 e. The van der Waals surface area contributed by atoms with E-state index in [1.165, 1.54) is 0 Å². The summed E-state index contributed by atoms with van der Waals surface area (Å²) in [6.45, 7) is 9.77. The van der Waals surface area contributed by atoms with Crippen LogP contribution >= 0.6 is 0 Å². The predicted octanol–water partition coefficient (Wildman–Crippen LogP) is 3.60. The molecule has 1 aromatic carbocycles. The molecule has 0 bridgehead atoms. The standard InChI is InChI=1S/C14H20O3/c1-8(2)11-6-10(5)13(17-9(3)4)7-12(11)14(15)16/h6-9H,1-5H3,(H,15,16). The van der Waals surface area contributed by atoms with Crippen molar-refractivity contribution in [3.05, 3.63) is 28.8 Å². The Labute approximate surface area is 102 Å². The maximum Gasteiger partial charge on any atom is 0.336 e. The second-order valence-electron chi connectivity index (χ2n) is 4.83. The summed E-state index contributed by atoms with van der Waals surface area (Å²) in [4.78, 5) is 11.2. The van der Waals surface area contributed by atoms with Crippen molar-refractivity contribution in [1.29, 1.82) is 0 Å². The lowest BCUT2D eigenvalue weighted by atomic mass is 9.94. The quantitative estimate of drug-likeness (QED) is 0.868. The van der Waals surface area contributed by atoms with Crippen LogP contribution in [0.2, 0.25) is 0 Å². The molecule has 3 nitrogen and oxygen atoms in total. The van der Waals surface area contributed by atoms with Gasteiger partial charge in [0.05, 0.1) is 11.7 Å². The van der Waals surface area contributed by atoms with Gasteiger partial charge in [0.25, 0.3) is 0 Å². The minimum absolute atomic E-state index is 0.0419. The average molecular weight is 236 g/mol. The highest BCUT2D eigenvalue weighted by molar-refractivity contribution is 5.90. The summed E-state index contributed by atoms with van der Waals surface area (Å²) in [7, 11) is 0. The summed E-state index contributed by atoms with van der Waals surface area (Å²) in [6, 6.07) is 3.54. The summed E-state index contributed by atoms with van der Waals surface area (Å²) in [5.41, 5.74) is 2.17. The number of carbonyl (C=O) groups is 1. The number of aromatic carboxylic acids is 1. The van der Waals surface area contributed by atoms with Crippen LogP contribution in [0.3, 0.4) is 0 Å². The molecule has 0 amide bonds. The number of carboxylic acids is 1. The fraction of sp³-hybridized carbons (Fsp3) is 0.500. The van der Waals surface area contributed by atoms with Crippen LogP contribution in [0.1, 0.15) is 55.1 Å². The third kappa shape index (κ3) is 3.22. The van der Waals surface area contributed by atoms with Gasteiger partial charge in [0.15, 0.2) is 0 Å². The Balaban J connectivity index is 3.29. The van der Waals surface area contributed by atoms with Crippen molar-refractivity contribution in [3.63, 3.8) is 0 Å². The molecule has 0 spiro atoms. The molecule has 0 fully saturated rings. The van der Waals surface area contributed by atoms with Gasteiger partial charge in [-0.1, -0.05) is 19.9 Å². The topological polar surface area (TPSA) is 46.5 Å². The second kappa shape index (κ2) is 5.21. The highest BCUT2D eigenvalue weighted by atomic mass is 16.5. The van der Waals surface area contributed by atoms with Crippen molar-refractivity contribution in [2.75, 3.05) is 0 Å². The van der Waals surface area contributed by atoms with Gasteiger partial charge in [-0.05, 0) is 43.9 Å². The molecule has 3 heteroatoms. The van der Waals surface area contributed by atoms with E-state index < -0.39 is 5.97 Å². The summed E-state index contributed by atoms with van der Waals surface area (Å²) in [6.07, 6.45) is 0.0419. The fourth-order valence-electron chi connectivity index (χ4n) is 1.75. The number of rotatable bonds is 4. The zero-order valence-electron chi connectivity index (χ0n) is 11.1. The van der Waals surface area contributed by atoms with E-state index in [0.29, 0.717) is 11.3 Å². The van der Waals surface area contributed by atoms with Crippen LogP contribution in [0.15, 0.2) is 12.1 Å². The smallest absolute Gasteiger partial charge is 0.336 e. The summed E-state index contributed by atoms with van der Waals surface area (Å²) in [5, 5.41) is 9.21. The molecule has 0 saturated carbocycles. The number of hydrogen-bond acceptors (Lipinski definition) is 2. The van der Waals surface area contributed by atoms with Crippen LogP contribution in [0.4, 0.5) is 0 Å². The van der Waals surface area contributed by atoms with E-state index in [0.717, 1.165) is 11.1 Å². The van der Waals surface area contributed by atoms with Crippen molar-refractivity contribution in [1.82, 2.24) is 0 Å². The first-order chi connectivity index (χ1) is 7.82. The van der Waals surface area contributed by atoms with Gasteiger partial charge in [-0.3, -0.25) is 0 Å². The van der Waals surface area contributed by atoms with Crippen LogP contribution in [0.25, 0.3) is 0 Å². The maximum atomic E-state index is 11.2. The van der Waals surface area contributed by atoms with Gasteiger partial charge in [0, 0.05) is 0 Å². The Morgan fingerprint density at radius 2 is 1.82 bits per heavy atom. The largest absolute Gasteiger partial charge is 0.491 e. The van der Waals surface area contributed by atoms with Gasteiger partial charge in [0.1, 0.15) is 5.75 Å². The van der Waals surface area contributed by atoms with Crippen molar-refractivity contribution in [2.45, 2.75) is 46.6 Å². The van der Waals surface area contributed by atoms with Crippen LogP contribution < -0.4 is 4.74 Å². The summed E-state index contributed by atoms with van der Waals surface area (Å²) < 4.78 is 5.61. The molecular formula is C14H20O3. The van der Waals surface area contributed by atoms with E-state index in [1.54, 1.807) is 6.07 Å². The SMILES string of the molecule is Cc1cc(C(C)C)c(C(=O)O)cc1OC(C)C. The lowest BCUT2D eigenvalue weighted by Gasteiger charge is -2.17. The third-order valence-corrected chi connectivity index (χ3v) is 2.56. The molecule has 94 valence electrons. The van der Waals surface area contributed by atoms with E-state index in [9.17, 15) is 9.90 Å². The van der Waals surface area contributed by atoms with Crippen LogP contribution in [0.5, 0.6) is 5.75 Å². The van der Waals surface area contributed by atoms with E-state index in [1.807, 2.05) is 40.7 Å². The molecule has 0 aromatic heterocycles. The second-order valence-corrected chi connectivity index (χ2v) is 4.83. The Kier molecular flexibility index (Phi) is 4.16. The fourth-order valence-corrected chi connectivity index (χ4v) is 1.75. The number of carboxylic acid groups (broad SMARTS) is 1. The Morgan fingerprint density at radius 3 is 2.24 bits per heavy atom. The Morgan fingerprint density at radius 1 is 1.24 bits per heavy atom. The van der Waals surface area contributed by atoms with Crippen molar-refractivity contribution >= 4 is 5.97 Å². The first-order valence-corrected chi connectivity index (χ1v) is 5.87. The molecule has 0 aliphatic rings. The Hall–Kier alpha value is -1.51. The van der Waals surface area contributed by atoms with Crippen LogP contribution in [-0.4, -0.2) is 17.2 Å². The molecule has 0 aliphatic carbocycles. The molecule has 0 unspecified atom stereocenters. The van der Waals surface area contributed by atoms with Gasteiger partial charge >= 0.3 is 5.97 Å². The molecule has 0 atom stereocenters. The van der Waals surface area contributed by atoms with Gasteiger partial charge in [-0.2, -0.15) is 0 Å². The van der Waals surface area contributed by atoms with Crippen LogP contribution in [0, 0.1) is 6.92 Å². The predicted molar refractivity (Wildman–Crippen MR) is 68.0 cm³/mol. The normalized spacial score (nSPS) is 11.0. The lowest BCUT2D eigenvalue weighted by molar-refractivity contribution is 0.0694. The average Bonchev–Trinajstić information content (AvgIpc) is 2.19. The van der Waals surface area contributed by atoms with Crippen LogP contribution in [-0.2, 0) is 0 Å². The van der Waals surface area contributed by atoms with Gasteiger partial charge in [0.2, 0.25) is 0 Å². The number of aryl methyl sites for hydroxylation is 1. The Bertz CT molecular complexity index is 420. The number of ether oxygens (including phenoxy) is 1. The van der Waals surface area contributed by atoms with Gasteiger partial charge < -0.3 is 9.84 Å².